The summed E-state index contributed by atoms with van der Waals surface area (Å²) in [5.41, 5.74) is 0.933. The summed E-state index contributed by atoms with van der Waals surface area (Å²) in [7, 11) is 0. The molecule has 0 aliphatic heterocycles. The number of amides is 1. The average molecular weight is 277 g/mol. The summed E-state index contributed by atoms with van der Waals surface area (Å²) in [5, 5.41) is 13.8. The van der Waals surface area contributed by atoms with Gasteiger partial charge in [-0.15, -0.1) is 11.3 Å². The zero-order valence-corrected chi connectivity index (χ0v) is 10.9. The van der Waals surface area contributed by atoms with Crippen LogP contribution in [0.1, 0.15) is 10.4 Å². The fraction of sp³-hybridized carbons (Fsp3) is 0.0769. The summed E-state index contributed by atoms with van der Waals surface area (Å²) in [6, 6.07) is 10.6. The zero-order valence-electron chi connectivity index (χ0n) is 9.31. The van der Waals surface area contributed by atoms with Crippen molar-refractivity contribution in [3.8, 4) is 6.07 Å². The first-order valence-electron chi connectivity index (χ1n) is 5.21. The van der Waals surface area contributed by atoms with Gasteiger partial charge in [0.2, 0.25) is 5.91 Å². The molecule has 0 saturated carbocycles. The lowest BCUT2D eigenvalue weighted by molar-refractivity contribution is -0.115. The summed E-state index contributed by atoms with van der Waals surface area (Å²) < 4.78 is 0. The molecule has 0 fully saturated rings. The maximum atomic E-state index is 11.8. The van der Waals surface area contributed by atoms with Crippen LogP contribution in [-0.4, -0.2) is 5.91 Å². The Morgan fingerprint density at radius 1 is 1.44 bits per heavy atom. The van der Waals surface area contributed by atoms with Crippen molar-refractivity contribution < 1.29 is 4.79 Å². The number of carbonyl (C=O) groups excluding carboxylic acids is 1. The number of carbonyl (C=O) groups is 1. The van der Waals surface area contributed by atoms with Crippen LogP contribution >= 0.6 is 22.9 Å². The highest BCUT2D eigenvalue weighted by Crippen LogP contribution is 2.23. The number of halogens is 1. The smallest absolute Gasteiger partial charge is 0.229 e. The molecule has 0 saturated heterocycles. The third-order valence-corrected chi connectivity index (χ3v) is 3.49. The molecule has 0 bridgehead atoms. The molecule has 1 aromatic heterocycles. The molecule has 1 aromatic carbocycles. The molecule has 5 heteroatoms. The molecule has 0 atom stereocenters. The van der Waals surface area contributed by atoms with Crippen molar-refractivity contribution in [1.29, 1.82) is 5.26 Å². The molecule has 1 N–H and O–H groups in total. The summed E-state index contributed by atoms with van der Waals surface area (Å²) >= 11 is 7.49. The minimum Gasteiger partial charge on any atom is -0.324 e. The van der Waals surface area contributed by atoms with Crippen LogP contribution in [0.4, 0.5) is 5.69 Å². The number of nitriles is 1. The third kappa shape index (κ3) is 3.10. The summed E-state index contributed by atoms with van der Waals surface area (Å²) in [6.45, 7) is 0. The number of hydrogen-bond donors (Lipinski definition) is 1. The highest BCUT2D eigenvalue weighted by molar-refractivity contribution is 7.10. The van der Waals surface area contributed by atoms with Crippen LogP contribution in [0, 0.1) is 11.3 Å². The van der Waals surface area contributed by atoms with E-state index < -0.39 is 0 Å². The Morgan fingerprint density at radius 3 is 2.94 bits per heavy atom. The van der Waals surface area contributed by atoms with Gasteiger partial charge in [0.05, 0.1) is 28.8 Å². The van der Waals surface area contributed by atoms with Crippen LogP contribution in [-0.2, 0) is 11.2 Å². The molecule has 2 rings (SSSR count). The molecule has 0 aliphatic carbocycles. The Kier molecular flexibility index (Phi) is 3.98. The van der Waals surface area contributed by atoms with Crippen molar-refractivity contribution in [1.82, 2.24) is 0 Å². The van der Waals surface area contributed by atoms with E-state index in [0.29, 0.717) is 22.7 Å². The van der Waals surface area contributed by atoms with Crippen molar-refractivity contribution in [3.05, 3.63) is 51.2 Å². The van der Waals surface area contributed by atoms with Gasteiger partial charge in [0.25, 0.3) is 0 Å². The van der Waals surface area contributed by atoms with Crippen molar-refractivity contribution >= 4 is 34.5 Å². The minimum atomic E-state index is -0.144. The molecule has 0 unspecified atom stereocenters. The number of benzene rings is 1. The van der Waals surface area contributed by atoms with Crippen molar-refractivity contribution in [2.75, 3.05) is 5.32 Å². The molecule has 0 radical (unpaired) electrons. The first-order valence-corrected chi connectivity index (χ1v) is 6.46. The second-order valence-electron chi connectivity index (χ2n) is 3.61. The van der Waals surface area contributed by atoms with Gasteiger partial charge >= 0.3 is 0 Å². The van der Waals surface area contributed by atoms with Gasteiger partial charge in [-0.05, 0) is 29.6 Å². The molecule has 0 aliphatic rings. The maximum Gasteiger partial charge on any atom is 0.229 e. The molecule has 18 heavy (non-hydrogen) atoms. The summed E-state index contributed by atoms with van der Waals surface area (Å²) in [5.74, 6) is -0.144. The predicted molar refractivity (Wildman–Crippen MR) is 72.8 cm³/mol. The van der Waals surface area contributed by atoms with E-state index >= 15 is 0 Å². The fourth-order valence-corrected chi connectivity index (χ4v) is 2.32. The summed E-state index contributed by atoms with van der Waals surface area (Å²) in [4.78, 5) is 12.8. The molecule has 0 spiro atoms. The van der Waals surface area contributed by atoms with E-state index in [2.05, 4.69) is 5.32 Å². The Bertz CT molecular complexity index is 602. The number of nitrogens with zero attached hydrogens (tertiary/aromatic N) is 1. The van der Waals surface area contributed by atoms with E-state index in [1.807, 2.05) is 23.6 Å². The van der Waals surface area contributed by atoms with Crippen molar-refractivity contribution in [2.45, 2.75) is 6.42 Å². The van der Waals surface area contributed by atoms with E-state index in [0.717, 1.165) is 4.88 Å². The Morgan fingerprint density at radius 2 is 2.28 bits per heavy atom. The van der Waals surface area contributed by atoms with Gasteiger partial charge in [-0.25, -0.2) is 0 Å². The largest absolute Gasteiger partial charge is 0.324 e. The molecular formula is C13H9ClN2OS. The summed E-state index contributed by atoms with van der Waals surface area (Å²) in [6.07, 6.45) is 0.310. The third-order valence-electron chi connectivity index (χ3n) is 2.28. The Hall–Kier alpha value is -1.83. The minimum absolute atomic E-state index is 0.144. The van der Waals surface area contributed by atoms with Gasteiger partial charge in [-0.1, -0.05) is 17.7 Å². The average Bonchev–Trinajstić information content (AvgIpc) is 2.84. The second kappa shape index (κ2) is 5.67. The van der Waals surface area contributed by atoms with Gasteiger partial charge in [0.1, 0.15) is 0 Å². The lowest BCUT2D eigenvalue weighted by Crippen LogP contribution is -2.14. The molecule has 1 heterocycles. The van der Waals surface area contributed by atoms with Crippen molar-refractivity contribution in [2.24, 2.45) is 0 Å². The van der Waals surface area contributed by atoms with E-state index in [4.69, 9.17) is 16.9 Å². The maximum absolute atomic E-state index is 11.8. The number of rotatable bonds is 3. The number of hydrogen-bond acceptors (Lipinski definition) is 3. The molecule has 1 amide bonds. The lowest BCUT2D eigenvalue weighted by Gasteiger charge is -2.06. The van der Waals surface area contributed by atoms with Gasteiger partial charge < -0.3 is 5.32 Å². The quantitative estimate of drug-likeness (QED) is 0.933. The number of anilines is 1. The predicted octanol–water partition coefficient (Wildman–Crippen LogP) is 3.45. The lowest BCUT2D eigenvalue weighted by atomic mass is 10.2. The number of nitrogens with one attached hydrogen (secondary N) is 1. The van der Waals surface area contributed by atoms with Gasteiger partial charge in [-0.2, -0.15) is 5.26 Å². The molecule has 2 aromatic rings. The first-order chi connectivity index (χ1) is 8.69. The Labute approximate surface area is 114 Å². The molecule has 90 valence electrons. The molecular weight excluding hydrogens is 268 g/mol. The van der Waals surface area contributed by atoms with Crippen LogP contribution in [0.2, 0.25) is 5.02 Å². The number of thiophene rings is 1. The Balaban J connectivity index is 2.09. The van der Waals surface area contributed by atoms with Crippen LogP contribution in [0.25, 0.3) is 0 Å². The second-order valence-corrected chi connectivity index (χ2v) is 5.05. The van der Waals surface area contributed by atoms with Gasteiger partial charge in [0, 0.05) is 4.88 Å². The van der Waals surface area contributed by atoms with Gasteiger partial charge in [0.15, 0.2) is 0 Å². The topological polar surface area (TPSA) is 52.9 Å². The SMILES string of the molecule is N#Cc1ccc(Cl)c(NC(=O)Cc2cccs2)c1. The van der Waals surface area contributed by atoms with Crippen molar-refractivity contribution in [3.63, 3.8) is 0 Å². The standard InChI is InChI=1S/C13H9ClN2OS/c14-11-4-3-9(8-15)6-12(11)16-13(17)7-10-2-1-5-18-10/h1-6H,7H2,(H,16,17). The monoisotopic (exact) mass is 276 g/mol. The van der Waals surface area contributed by atoms with Crippen LogP contribution < -0.4 is 5.32 Å². The van der Waals surface area contributed by atoms with Crippen LogP contribution in [0.5, 0.6) is 0 Å². The van der Waals surface area contributed by atoms with Gasteiger partial charge in [-0.3, -0.25) is 4.79 Å². The highest BCUT2D eigenvalue weighted by Gasteiger charge is 2.08. The van der Waals surface area contributed by atoms with E-state index in [-0.39, 0.29) is 5.91 Å². The van der Waals surface area contributed by atoms with E-state index in [1.165, 1.54) is 11.3 Å². The van der Waals surface area contributed by atoms with Crippen LogP contribution in [0.3, 0.4) is 0 Å². The van der Waals surface area contributed by atoms with E-state index in [1.54, 1.807) is 18.2 Å². The zero-order chi connectivity index (χ0) is 13.0. The van der Waals surface area contributed by atoms with Crippen LogP contribution in [0.15, 0.2) is 35.7 Å². The highest BCUT2D eigenvalue weighted by atomic mass is 35.5. The first kappa shape index (κ1) is 12.6. The van der Waals surface area contributed by atoms with E-state index in [9.17, 15) is 4.79 Å². The fourth-order valence-electron chi connectivity index (χ4n) is 1.46. The normalized spacial score (nSPS) is 9.78. The molecule has 3 nitrogen and oxygen atoms in total.